The van der Waals surface area contributed by atoms with Crippen molar-refractivity contribution in [2.24, 2.45) is 0 Å². The number of rotatable bonds is 0. The van der Waals surface area contributed by atoms with Gasteiger partial charge in [-0.2, -0.15) is 0 Å². The van der Waals surface area contributed by atoms with E-state index in [0.29, 0.717) is 0 Å². The number of aromatic nitrogens is 2. The van der Waals surface area contributed by atoms with Gasteiger partial charge in [0, 0.05) is 35.1 Å². The van der Waals surface area contributed by atoms with Gasteiger partial charge in [-0.25, -0.2) is 5.48 Å². The molecule has 4 nitrogen and oxygen atoms in total. The Hall–Kier alpha value is -3.27. The maximum Gasteiger partial charge on any atom is 0.119 e. The Balaban J connectivity index is 0.000000130. The molecule has 0 amide bonds. The molecule has 23 heavy (non-hydrogen) atoms. The summed E-state index contributed by atoms with van der Waals surface area (Å²) in [4.78, 5) is 12.2. The van der Waals surface area contributed by atoms with E-state index in [9.17, 15) is 0 Å². The molecule has 1 aliphatic rings. The number of pyridine rings is 1. The Kier molecular flexibility index (Phi) is 3.41. The molecular weight excluding hydrogens is 286 g/mol. The van der Waals surface area contributed by atoms with Crippen LogP contribution in [0.1, 0.15) is 5.56 Å². The predicted octanol–water partition coefficient (Wildman–Crippen LogP) is 4.73. The molecule has 4 aromatic rings. The molecular formula is C19H15N3O. The topological polar surface area (TPSA) is 49.9 Å². The number of nitrogens with one attached hydrogen (secondary N) is 2. The average molecular weight is 301 g/mol. The molecule has 0 fully saturated rings. The highest BCUT2D eigenvalue weighted by atomic mass is 16.6. The Labute approximate surface area is 133 Å². The first-order valence-corrected chi connectivity index (χ1v) is 7.39. The van der Waals surface area contributed by atoms with Gasteiger partial charge in [0.25, 0.3) is 0 Å². The Morgan fingerprint density at radius 3 is 2.83 bits per heavy atom. The second-order valence-corrected chi connectivity index (χ2v) is 5.21. The zero-order valence-electron chi connectivity index (χ0n) is 12.4. The Morgan fingerprint density at radius 2 is 1.87 bits per heavy atom. The predicted molar refractivity (Wildman–Crippen MR) is 93.8 cm³/mol. The number of nitrogens with zero attached hydrogens (tertiary/aromatic N) is 1. The highest BCUT2D eigenvalue weighted by Crippen LogP contribution is 2.28. The van der Waals surface area contributed by atoms with Crippen LogP contribution >= 0.6 is 0 Å². The van der Waals surface area contributed by atoms with Crippen molar-refractivity contribution in [3.05, 3.63) is 78.9 Å². The second-order valence-electron chi connectivity index (χ2n) is 5.21. The van der Waals surface area contributed by atoms with E-state index in [1.165, 1.54) is 16.3 Å². The van der Waals surface area contributed by atoms with E-state index in [1.807, 2.05) is 48.8 Å². The number of anilines is 1. The first kappa shape index (κ1) is 13.4. The summed E-state index contributed by atoms with van der Waals surface area (Å²) in [5.41, 5.74) is 6.15. The van der Waals surface area contributed by atoms with Gasteiger partial charge in [0.2, 0.25) is 0 Å². The third-order valence-electron chi connectivity index (χ3n) is 3.80. The van der Waals surface area contributed by atoms with Crippen molar-refractivity contribution in [3.63, 3.8) is 0 Å². The Morgan fingerprint density at radius 1 is 0.913 bits per heavy atom. The molecule has 5 rings (SSSR count). The largest absolute Gasteiger partial charge is 0.390 e. The number of hydrogen-bond acceptors (Lipinski definition) is 3. The quantitative estimate of drug-likeness (QED) is 0.493. The standard InChI is InChI=1S/C11H8N2O.C8H7N/c1-2-11-9(4-6-14-13-11)10-7-12-5-3-8(1)10;1-2-4-8-7(3-1)5-6-9-8/h1-7,13H;1-6,9H. The van der Waals surface area contributed by atoms with Crippen molar-refractivity contribution in [1.29, 1.82) is 0 Å². The van der Waals surface area contributed by atoms with E-state index in [4.69, 9.17) is 4.84 Å². The van der Waals surface area contributed by atoms with Crippen molar-refractivity contribution in [2.75, 3.05) is 5.48 Å². The number of hydrogen-bond donors (Lipinski definition) is 2. The fraction of sp³-hybridized carbons (Fsp3) is 0. The molecule has 0 saturated heterocycles. The van der Waals surface area contributed by atoms with Crippen LogP contribution in [0.5, 0.6) is 0 Å². The van der Waals surface area contributed by atoms with E-state index < -0.39 is 0 Å². The SMILES string of the molecule is C1=Cc2c(ccc3ccncc23)NO1.c1ccc2[nH]ccc2c1. The minimum Gasteiger partial charge on any atom is -0.390 e. The summed E-state index contributed by atoms with van der Waals surface area (Å²) in [6, 6.07) is 16.3. The van der Waals surface area contributed by atoms with Gasteiger partial charge in [0.05, 0.1) is 5.69 Å². The van der Waals surface area contributed by atoms with Gasteiger partial charge in [0.1, 0.15) is 6.26 Å². The lowest BCUT2D eigenvalue weighted by atomic mass is 10.0. The number of H-pyrrole nitrogens is 1. The van der Waals surface area contributed by atoms with E-state index in [2.05, 4.69) is 33.6 Å². The molecule has 3 heterocycles. The highest BCUT2D eigenvalue weighted by molar-refractivity contribution is 5.95. The van der Waals surface area contributed by atoms with Crippen molar-refractivity contribution in [1.82, 2.24) is 9.97 Å². The van der Waals surface area contributed by atoms with Crippen LogP contribution in [0.15, 0.2) is 73.4 Å². The summed E-state index contributed by atoms with van der Waals surface area (Å²) in [5, 5.41) is 3.60. The fourth-order valence-electron chi connectivity index (χ4n) is 2.65. The van der Waals surface area contributed by atoms with Gasteiger partial charge in [-0.3, -0.25) is 4.98 Å². The maximum atomic E-state index is 4.99. The maximum absolute atomic E-state index is 4.99. The Bertz CT molecular complexity index is 958. The van der Waals surface area contributed by atoms with Crippen LogP contribution in [0.2, 0.25) is 0 Å². The first-order chi connectivity index (χ1) is 11.4. The van der Waals surface area contributed by atoms with Crippen LogP contribution in [-0.4, -0.2) is 9.97 Å². The molecule has 0 spiro atoms. The monoisotopic (exact) mass is 301 g/mol. The molecule has 2 aromatic heterocycles. The third kappa shape index (κ3) is 2.62. The fourth-order valence-corrected chi connectivity index (χ4v) is 2.65. The molecule has 0 bridgehead atoms. The van der Waals surface area contributed by atoms with Crippen LogP contribution in [0.3, 0.4) is 0 Å². The summed E-state index contributed by atoms with van der Waals surface area (Å²) < 4.78 is 0. The molecule has 0 unspecified atom stereocenters. The van der Waals surface area contributed by atoms with Gasteiger partial charge >= 0.3 is 0 Å². The van der Waals surface area contributed by atoms with Gasteiger partial charge in [0.15, 0.2) is 0 Å². The lowest BCUT2D eigenvalue weighted by Crippen LogP contribution is -2.01. The van der Waals surface area contributed by atoms with Crippen LogP contribution in [-0.2, 0) is 4.84 Å². The molecule has 0 aliphatic carbocycles. The molecule has 4 heteroatoms. The summed E-state index contributed by atoms with van der Waals surface area (Å²) in [5.74, 6) is 0. The second kappa shape index (κ2) is 5.85. The van der Waals surface area contributed by atoms with Crippen molar-refractivity contribution >= 4 is 33.4 Å². The highest BCUT2D eigenvalue weighted by Gasteiger charge is 2.07. The third-order valence-corrected chi connectivity index (χ3v) is 3.80. The molecule has 0 atom stereocenters. The minimum atomic E-state index is 0.980. The zero-order chi connectivity index (χ0) is 15.5. The van der Waals surface area contributed by atoms with Crippen molar-refractivity contribution in [2.45, 2.75) is 0 Å². The molecule has 2 N–H and O–H groups in total. The summed E-state index contributed by atoms with van der Waals surface area (Å²) >= 11 is 0. The van der Waals surface area contributed by atoms with E-state index in [-0.39, 0.29) is 0 Å². The van der Waals surface area contributed by atoms with Crippen LogP contribution in [0, 0.1) is 0 Å². The van der Waals surface area contributed by atoms with Crippen LogP contribution in [0.25, 0.3) is 27.8 Å². The molecule has 0 radical (unpaired) electrons. The van der Waals surface area contributed by atoms with Crippen LogP contribution in [0.4, 0.5) is 5.69 Å². The van der Waals surface area contributed by atoms with Gasteiger partial charge in [-0.1, -0.05) is 24.3 Å². The van der Waals surface area contributed by atoms with Gasteiger partial charge in [-0.05, 0) is 41.1 Å². The zero-order valence-corrected chi connectivity index (χ0v) is 12.4. The average Bonchev–Trinajstić information content (AvgIpc) is 3.11. The minimum absolute atomic E-state index is 0.980. The molecule has 0 saturated carbocycles. The smallest absolute Gasteiger partial charge is 0.119 e. The van der Waals surface area contributed by atoms with Gasteiger partial charge < -0.3 is 9.82 Å². The molecule has 112 valence electrons. The van der Waals surface area contributed by atoms with E-state index in [1.54, 1.807) is 12.5 Å². The normalized spacial score (nSPS) is 12.0. The van der Waals surface area contributed by atoms with Crippen molar-refractivity contribution < 1.29 is 4.84 Å². The lowest BCUT2D eigenvalue weighted by Gasteiger charge is -2.14. The summed E-state index contributed by atoms with van der Waals surface area (Å²) in [6.07, 6.45) is 9.19. The van der Waals surface area contributed by atoms with Gasteiger partial charge in [-0.15, -0.1) is 0 Å². The number of aromatic amines is 1. The molecule has 1 aliphatic heterocycles. The van der Waals surface area contributed by atoms with Crippen molar-refractivity contribution in [3.8, 4) is 0 Å². The van der Waals surface area contributed by atoms with E-state index in [0.717, 1.165) is 16.6 Å². The summed E-state index contributed by atoms with van der Waals surface area (Å²) in [6.45, 7) is 0. The van der Waals surface area contributed by atoms with E-state index >= 15 is 0 Å². The molecule has 2 aromatic carbocycles. The number of fused-ring (bicyclic) bond motifs is 4. The lowest BCUT2D eigenvalue weighted by molar-refractivity contribution is 0.329. The number of benzene rings is 2. The number of para-hydroxylation sites is 1. The van der Waals surface area contributed by atoms with Crippen LogP contribution < -0.4 is 5.48 Å². The summed E-state index contributed by atoms with van der Waals surface area (Å²) in [7, 11) is 0. The first-order valence-electron chi connectivity index (χ1n) is 7.39.